The van der Waals surface area contributed by atoms with Crippen LogP contribution in [0.1, 0.15) is 39.5 Å². The second-order valence-electron chi connectivity index (χ2n) is 5.88. The Morgan fingerprint density at radius 2 is 2.00 bits per heavy atom. The Hall–Kier alpha value is -1.56. The molecule has 1 amide bonds. The fraction of sp³-hybridized carbons (Fsp3) is 0.733. The molecule has 1 rings (SSSR count). The lowest BCUT2D eigenvalue weighted by atomic mass is 9.84. The van der Waals surface area contributed by atoms with E-state index in [9.17, 15) is 9.59 Å². The van der Waals surface area contributed by atoms with Gasteiger partial charge in [-0.3, -0.25) is 4.79 Å². The zero-order valence-corrected chi connectivity index (χ0v) is 13.3. The molecule has 120 valence electrons. The zero-order valence-electron chi connectivity index (χ0n) is 13.3. The number of ether oxygens (including phenoxy) is 3. The topological polar surface area (TPSA) is 73.9 Å². The highest BCUT2D eigenvalue weighted by atomic mass is 16.6. The van der Waals surface area contributed by atoms with Crippen molar-refractivity contribution in [2.75, 3.05) is 20.8 Å². The van der Waals surface area contributed by atoms with Crippen LogP contribution in [0.15, 0.2) is 12.3 Å². The number of hydrogen-bond donors (Lipinski definition) is 1. The number of nitrogens with one attached hydrogen (secondary N) is 1. The summed E-state index contributed by atoms with van der Waals surface area (Å²) in [7, 11) is 2.98. The molecule has 1 atom stereocenters. The highest BCUT2D eigenvalue weighted by molar-refractivity contribution is 5.88. The maximum atomic E-state index is 12.5. The molecule has 1 aliphatic heterocycles. The van der Waals surface area contributed by atoms with Gasteiger partial charge in [-0.25, -0.2) is 4.79 Å². The molecular weight excluding hydrogens is 274 g/mol. The molecule has 0 aromatic rings. The van der Waals surface area contributed by atoms with Gasteiger partial charge in [0.2, 0.25) is 5.91 Å². The molecular formula is C15H25NO5. The molecule has 1 heterocycles. The monoisotopic (exact) mass is 299 g/mol. The van der Waals surface area contributed by atoms with Crippen molar-refractivity contribution in [3.8, 4) is 0 Å². The minimum Gasteiger partial charge on any atom is -0.498 e. The van der Waals surface area contributed by atoms with Gasteiger partial charge in [0.1, 0.15) is 12.4 Å². The van der Waals surface area contributed by atoms with Gasteiger partial charge in [-0.05, 0) is 33.1 Å². The number of esters is 1. The largest absolute Gasteiger partial charge is 0.498 e. The van der Waals surface area contributed by atoms with Crippen molar-refractivity contribution in [3.63, 3.8) is 0 Å². The molecule has 0 aromatic carbocycles. The third kappa shape index (κ3) is 4.74. The summed E-state index contributed by atoms with van der Waals surface area (Å²) in [6, 6.07) is 0. The van der Waals surface area contributed by atoms with Gasteiger partial charge in [0.25, 0.3) is 0 Å². The van der Waals surface area contributed by atoms with Crippen molar-refractivity contribution in [1.29, 1.82) is 0 Å². The molecule has 6 heteroatoms. The molecule has 1 aliphatic rings. The van der Waals surface area contributed by atoms with Crippen molar-refractivity contribution in [2.24, 2.45) is 0 Å². The van der Waals surface area contributed by atoms with Crippen molar-refractivity contribution in [2.45, 2.75) is 50.7 Å². The van der Waals surface area contributed by atoms with E-state index in [1.54, 1.807) is 0 Å². The Kier molecular flexibility index (Phi) is 5.78. The van der Waals surface area contributed by atoms with Gasteiger partial charge in [0, 0.05) is 7.05 Å². The third-order valence-corrected chi connectivity index (χ3v) is 3.58. The molecule has 0 unspecified atom stereocenters. The van der Waals surface area contributed by atoms with E-state index in [1.807, 2.05) is 13.8 Å². The van der Waals surface area contributed by atoms with Gasteiger partial charge in [0.05, 0.1) is 19.1 Å². The van der Waals surface area contributed by atoms with Crippen molar-refractivity contribution < 1.29 is 23.8 Å². The van der Waals surface area contributed by atoms with Gasteiger partial charge in [-0.15, -0.1) is 0 Å². The minimum atomic E-state index is -1.24. The summed E-state index contributed by atoms with van der Waals surface area (Å²) < 4.78 is 16.0. The van der Waals surface area contributed by atoms with E-state index in [-0.39, 0.29) is 18.9 Å². The van der Waals surface area contributed by atoms with E-state index in [0.717, 1.165) is 12.8 Å². The molecule has 1 fully saturated rings. The van der Waals surface area contributed by atoms with Crippen LogP contribution in [0.3, 0.4) is 0 Å². The van der Waals surface area contributed by atoms with Gasteiger partial charge in [-0.2, -0.15) is 0 Å². The van der Waals surface area contributed by atoms with Crippen LogP contribution in [0.25, 0.3) is 0 Å². The SMILES string of the molecule is C=C(COC(=O)[C@@]1(CC(=O)NC)CCCC(C)(C)O1)OC. The lowest BCUT2D eigenvalue weighted by molar-refractivity contribution is -0.209. The first kappa shape index (κ1) is 17.5. The quantitative estimate of drug-likeness (QED) is 0.595. The normalized spacial score (nSPS) is 24.0. The predicted octanol–water partition coefficient (Wildman–Crippen LogP) is 1.54. The number of rotatable bonds is 6. The van der Waals surface area contributed by atoms with E-state index in [0.29, 0.717) is 12.2 Å². The number of hydrogen-bond acceptors (Lipinski definition) is 5. The molecule has 21 heavy (non-hydrogen) atoms. The second-order valence-corrected chi connectivity index (χ2v) is 5.88. The first-order chi connectivity index (χ1) is 9.74. The van der Waals surface area contributed by atoms with Gasteiger partial charge in [-0.1, -0.05) is 6.58 Å². The summed E-state index contributed by atoms with van der Waals surface area (Å²) in [6.45, 7) is 7.37. The highest BCUT2D eigenvalue weighted by Gasteiger charge is 2.49. The first-order valence-electron chi connectivity index (χ1n) is 7.04. The summed E-state index contributed by atoms with van der Waals surface area (Å²) in [5, 5.41) is 2.53. The molecule has 1 saturated heterocycles. The number of amides is 1. The lowest BCUT2D eigenvalue weighted by Gasteiger charge is -2.43. The van der Waals surface area contributed by atoms with E-state index >= 15 is 0 Å². The lowest BCUT2D eigenvalue weighted by Crippen LogP contribution is -2.54. The Labute approximate surface area is 125 Å². The highest BCUT2D eigenvalue weighted by Crippen LogP contribution is 2.38. The van der Waals surface area contributed by atoms with Crippen molar-refractivity contribution in [1.82, 2.24) is 5.32 Å². The Balaban J connectivity index is 2.88. The zero-order chi connectivity index (χ0) is 16.1. The smallest absolute Gasteiger partial charge is 0.339 e. The molecule has 1 N–H and O–H groups in total. The van der Waals surface area contributed by atoms with E-state index in [4.69, 9.17) is 14.2 Å². The van der Waals surface area contributed by atoms with Gasteiger partial charge < -0.3 is 19.5 Å². The van der Waals surface area contributed by atoms with E-state index in [2.05, 4.69) is 11.9 Å². The third-order valence-electron chi connectivity index (χ3n) is 3.58. The molecule has 0 saturated carbocycles. The summed E-state index contributed by atoms with van der Waals surface area (Å²) in [6.07, 6.45) is 2.04. The summed E-state index contributed by atoms with van der Waals surface area (Å²) in [5.74, 6) is -0.458. The maximum absolute atomic E-state index is 12.5. The average molecular weight is 299 g/mol. The van der Waals surface area contributed by atoms with Crippen LogP contribution in [-0.2, 0) is 23.8 Å². The first-order valence-corrected chi connectivity index (χ1v) is 7.04. The van der Waals surface area contributed by atoms with E-state index < -0.39 is 17.2 Å². The van der Waals surface area contributed by atoms with Crippen LogP contribution in [0.4, 0.5) is 0 Å². The van der Waals surface area contributed by atoms with Crippen molar-refractivity contribution >= 4 is 11.9 Å². The Morgan fingerprint density at radius 1 is 1.33 bits per heavy atom. The molecule has 0 aliphatic carbocycles. The van der Waals surface area contributed by atoms with E-state index in [1.165, 1.54) is 14.2 Å². The average Bonchev–Trinajstić information content (AvgIpc) is 2.42. The summed E-state index contributed by atoms with van der Waals surface area (Å²) in [4.78, 5) is 24.2. The molecule has 0 aromatic heterocycles. The molecule has 0 radical (unpaired) electrons. The summed E-state index contributed by atoms with van der Waals surface area (Å²) in [5.41, 5.74) is -1.71. The fourth-order valence-corrected chi connectivity index (χ4v) is 2.46. The van der Waals surface area contributed by atoms with Crippen LogP contribution >= 0.6 is 0 Å². The standard InChI is InChI=1S/C15H25NO5/c1-11(19-5)10-20-13(18)15(9-12(17)16-4)8-6-7-14(2,3)21-15/h1,6-10H2,2-5H3,(H,16,17)/t15-/m0/s1. The van der Waals surface area contributed by atoms with Crippen LogP contribution in [-0.4, -0.2) is 43.8 Å². The molecule has 0 spiro atoms. The van der Waals surface area contributed by atoms with Crippen molar-refractivity contribution in [3.05, 3.63) is 12.3 Å². The number of methoxy groups -OCH3 is 1. The summed E-state index contributed by atoms with van der Waals surface area (Å²) >= 11 is 0. The Bertz CT molecular complexity index is 418. The minimum absolute atomic E-state index is 0.0470. The predicted molar refractivity (Wildman–Crippen MR) is 77.5 cm³/mol. The van der Waals surface area contributed by atoms with Crippen LogP contribution in [0.5, 0.6) is 0 Å². The Morgan fingerprint density at radius 3 is 2.52 bits per heavy atom. The maximum Gasteiger partial charge on any atom is 0.339 e. The van der Waals surface area contributed by atoms with Crippen LogP contribution < -0.4 is 5.32 Å². The van der Waals surface area contributed by atoms with Crippen LogP contribution in [0.2, 0.25) is 0 Å². The second kappa shape index (κ2) is 6.93. The number of carbonyl (C=O) groups is 2. The molecule has 6 nitrogen and oxygen atoms in total. The fourth-order valence-electron chi connectivity index (χ4n) is 2.46. The van der Waals surface area contributed by atoms with Gasteiger partial charge in [0.15, 0.2) is 5.60 Å². The molecule has 0 bridgehead atoms. The number of carbonyl (C=O) groups excluding carboxylic acids is 2. The van der Waals surface area contributed by atoms with Crippen LogP contribution in [0, 0.1) is 0 Å². The van der Waals surface area contributed by atoms with Gasteiger partial charge >= 0.3 is 5.97 Å².